The number of fused-ring (bicyclic) bond motifs is 1. The Bertz CT molecular complexity index is 382. The molecule has 0 atom stereocenters. The third kappa shape index (κ3) is 2.23. The minimum absolute atomic E-state index is 0.560. The van der Waals surface area contributed by atoms with Gasteiger partial charge in [-0.3, -0.25) is 0 Å². The van der Waals surface area contributed by atoms with E-state index >= 15 is 0 Å². The van der Waals surface area contributed by atoms with Crippen molar-refractivity contribution >= 4 is 0 Å². The first-order valence-corrected chi connectivity index (χ1v) is 4.93. The molecule has 0 unspecified atom stereocenters. The maximum Gasteiger partial charge on any atom is 0.165 e. The van der Waals surface area contributed by atoms with Gasteiger partial charge in [-0.05, 0) is 6.07 Å². The fourth-order valence-electron chi connectivity index (χ4n) is 1.54. The average molecular weight is 203 g/mol. The van der Waals surface area contributed by atoms with Crippen LogP contribution in [0.2, 0.25) is 0 Å². The van der Waals surface area contributed by atoms with E-state index in [0.717, 1.165) is 17.1 Å². The van der Waals surface area contributed by atoms with Crippen molar-refractivity contribution in [2.45, 2.75) is 6.54 Å². The van der Waals surface area contributed by atoms with E-state index in [1.165, 1.54) is 0 Å². The van der Waals surface area contributed by atoms with E-state index in [-0.39, 0.29) is 0 Å². The summed E-state index contributed by atoms with van der Waals surface area (Å²) in [6.07, 6.45) is 5.16. The van der Waals surface area contributed by atoms with Gasteiger partial charge < -0.3 is 14.8 Å². The van der Waals surface area contributed by atoms with Crippen LogP contribution in [0.4, 0.5) is 0 Å². The predicted octanol–water partition coefficient (Wildman–Crippen LogP) is 1.18. The second kappa shape index (κ2) is 4.72. The van der Waals surface area contributed by atoms with Gasteiger partial charge in [0.25, 0.3) is 0 Å². The summed E-state index contributed by atoms with van der Waals surface area (Å²) < 4.78 is 11.0. The molecule has 15 heavy (non-hydrogen) atoms. The summed E-state index contributed by atoms with van der Waals surface area (Å²) in [4.78, 5) is 0. The van der Waals surface area contributed by atoms with Crippen molar-refractivity contribution in [2.75, 3.05) is 19.8 Å². The van der Waals surface area contributed by atoms with E-state index in [1.807, 2.05) is 18.2 Å². The predicted molar refractivity (Wildman–Crippen MR) is 58.0 cm³/mol. The molecular formula is C12H13NO2. The van der Waals surface area contributed by atoms with Crippen molar-refractivity contribution in [3.8, 4) is 23.8 Å². The van der Waals surface area contributed by atoms with Gasteiger partial charge in [0.05, 0.1) is 6.54 Å². The number of terminal acetylenes is 1. The molecule has 0 spiro atoms. The fourth-order valence-corrected chi connectivity index (χ4v) is 1.54. The normalized spacial score (nSPS) is 13.3. The zero-order valence-corrected chi connectivity index (χ0v) is 8.45. The molecule has 78 valence electrons. The summed E-state index contributed by atoms with van der Waals surface area (Å²) in [5.41, 5.74) is 1.09. The molecular weight excluding hydrogens is 190 g/mol. The third-order valence-corrected chi connectivity index (χ3v) is 2.19. The van der Waals surface area contributed by atoms with Crippen LogP contribution in [-0.4, -0.2) is 19.8 Å². The number of rotatable bonds is 3. The Labute approximate surface area is 89.4 Å². The molecule has 0 saturated heterocycles. The van der Waals surface area contributed by atoms with Crippen molar-refractivity contribution in [1.29, 1.82) is 0 Å². The molecule has 0 saturated carbocycles. The lowest BCUT2D eigenvalue weighted by molar-refractivity contribution is 0.169. The first-order chi connectivity index (χ1) is 7.42. The van der Waals surface area contributed by atoms with Gasteiger partial charge in [0.15, 0.2) is 11.5 Å². The minimum Gasteiger partial charge on any atom is -0.486 e. The second-order valence-electron chi connectivity index (χ2n) is 3.25. The molecule has 3 heteroatoms. The van der Waals surface area contributed by atoms with Crippen molar-refractivity contribution < 1.29 is 9.47 Å². The van der Waals surface area contributed by atoms with E-state index < -0.39 is 0 Å². The van der Waals surface area contributed by atoms with Crippen molar-refractivity contribution in [1.82, 2.24) is 5.32 Å². The Kier molecular flexibility index (Phi) is 3.11. The van der Waals surface area contributed by atoms with Crippen LogP contribution in [0.3, 0.4) is 0 Å². The maximum absolute atomic E-state index is 5.57. The summed E-state index contributed by atoms with van der Waals surface area (Å²) in [5.74, 6) is 4.20. The average Bonchev–Trinajstić information content (AvgIpc) is 2.30. The van der Waals surface area contributed by atoms with Gasteiger partial charge in [0.2, 0.25) is 0 Å². The first-order valence-electron chi connectivity index (χ1n) is 4.93. The largest absolute Gasteiger partial charge is 0.486 e. The highest BCUT2D eigenvalue weighted by Crippen LogP contribution is 2.33. The second-order valence-corrected chi connectivity index (χ2v) is 3.25. The Balaban J connectivity index is 2.13. The van der Waals surface area contributed by atoms with E-state index in [0.29, 0.717) is 26.3 Å². The Morgan fingerprint density at radius 3 is 3.07 bits per heavy atom. The lowest BCUT2D eigenvalue weighted by Gasteiger charge is -2.20. The van der Waals surface area contributed by atoms with Gasteiger partial charge in [0, 0.05) is 12.1 Å². The number of ether oxygens (including phenoxy) is 2. The Hall–Kier alpha value is -1.66. The fraction of sp³-hybridized carbons (Fsp3) is 0.333. The molecule has 0 radical (unpaired) electrons. The smallest absolute Gasteiger partial charge is 0.165 e. The highest BCUT2D eigenvalue weighted by Gasteiger charge is 2.14. The summed E-state index contributed by atoms with van der Waals surface area (Å²) in [6, 6.07) is 5.89. The van der Waals surface area contributed by atoms with Crippen LogP contribution in [0.15, 0.2) is 18.2 Å². The number of para-hydroxylation sites is 1. The Morgan fingerprint density at radius 2 is 2.20 bits per heavy atom. The molecule has 0 fully saturated rings. The highest BCUT2D eigenvalue weighted by atomic mass is 16.6. The van der Waals surface area contributed by atoms with Crippen LogP contribution in [0, 0.1) is 12.3 Å². The molecule has 1 aromatic carbocycles. The number of hydrogen-bond donors (Lipinski definition) is 1. The van der Waals surface area contributed by atoms with Crippen LogP contribution in [0.1, 0.15) is 5.56 Å². The molecule has 1 aliphatic heterocycles. The van der Waals surface area contributed by atoms with Gasteiger partial charge in [-0.1, -0.05) is 18.1 Å². The maximum atomic E-state index is 5.57. The SMILES string of the molecule is C#CCNCc1cccc2c1OCCO2. The zero-order valence-electron chi connectivity index (χ0n) is 8.45. The third-order valence-electron chi connectivity index (χ3n) is 2.19. The minimum atomic E-state index is 0.560. The van der Waals surface area contributed by atoms with E-state index in [9.17, 15) is 0 Å². The van der Waals surface area contributed by atoms with Crippen molar-refractivity contribution in [3.63, 3.8) is 0 Å². The van der Waals surface area contributed by atoms with Gasteiger partial charge in [-0.15, -0.1) is 6.42 Å². The van der Waals surface area contributed by atoms with Crippen molar-refractivity contribution in [2.24, 2.45) is 0 Å². The van der Waals surface area contributed by atoms with Crippen LogP contribution >= 0.6 is 0 Å². The van der Waals surface area contributed by atoms with Crippen LogP contribution < -0.4 is 14.8 Å². The standard InChI is InChI=1S/C12H13NO2/c1-2-6-13-9-10-4-3-5-11-12(10)15-8-7-14-11/h1,3-5,13H,6-9H2. The van der Waals surface area contributed by atoms with Gasteiger partial charge in [-0.25, -0.2) is 0 Å². The highest BCUT2D eigenvalue weighted by molar-refractivity contribution is 5.47. The van der Waals surface area contributed by atoms with Gasteiger partial charge >= 0.3 is 0 Å². The molecule has 1 aromatic rings. The van der Waals surface area contributed by atoms with Crippen molar-refractivity contribution in [3.05, 3.63) is 23.8 Å². The molecule has 0 amide bonds. The van der Waals surface area contributed by atoms with Crippen LogP contribution in [0.5, 0.6) is 11.5 Å². The molecule has 1 aliphatic rings. The lowest BCUT2D eigenvalue weighted by Crippen LogP contribution is -2.19. The van der Waals surface area contributed by atoms with E-state index in [1.54, 1.807) is 0 Å². The first kappa shape index (κ1) is 9.88. The van der Waals surface area contributed by atoms with E-state index in [2.05, 4.69) is 11.2 Å². The summed E-state index contributed by atoms with van der Waals surface area (Å²) in [6.45, 7) is 2.49. The van der Waals surface area contributed by atoms with Crippen LogP contribution in [-0.2, 0) is 6.54 Å². The zero-order chi connectivity index (χ0) is 10.5. The Morgan fingerprint density at radius 1 is 1.33 bits per heavy atom. The monoisotopic (exact) mass is 203 g/mol. The summed E-state index contributed by atoms with van der Waals surface area (Å²) in [5, 5.41) is 3.13. The number of benzene rings is 1. The number of hydrogen-bond acceptors (Lipinski definition) is 3. The van der Waals surface area contributed by atoms with Crippen LogP contribution in [0.25, 0.3) is 0 Å². The molecule has 0 bridgehead atoms. The molecule has 3 nitrogen and oxygen atoms in total. The molecule has 2 rings (SSSR count). The van der Waals surface area contributed by atoms with Gasteiger partial charge in [0.1, 0.15) is 13.2 Å². The number of nitrogens with one attached hydrogen (secondary N) is 1. The lowest BCUT2D eigenvalue weighted by atomic mass is 10.1. The molecule has 0 aromatic heterocycles. The quantitative estimate of drug-likeness (QED) is 0.591. The van der Waals surface area contributed by atoms with E-state index in [4.69, 9.17) is 15.9 Å². The summed E-state index contributed by atoms with van der Waals surface area (Å²) >= 11 is 0. The summed E-state index contributed by atoms with van der Waals surface area (Å²) in [7, 11) is 0. The molecule has 0 aliphatic carbocycles. The molecule has 1 heterocycles. The van der Waals surface area contributed by atoms with Gasteiger partial charge in [-0.2, -0.15) is 0 Å². The topological polar surface area (TPSA) is 30.5 Å². The molecule has 1 N–H and O–H groups in total.